The first kappa shape index (κ1) is 12.0. The third kappa shape index (κ3) is 2.16. The maximum absolute atomic E-state index is 12.0. The van der Waals surface area contributed by atoms with Crippen molar-refractivity contribution in [3.63, 3.8) is 0 Å². The zero-order chi connectivity index (χ0) is 13.6. The third-order valence-corrected chi connectivity index (χ3v) is 3.60. The molecule has 1 aromatic carbocycles. The normalized spacial score (nSPS) is 23.1. The van der Waals surface area contributed by atoms with Crippen LogP contribution in [0.4, 0.5) is 5.69 Å². The largest absolute Gasteiger partial charge is 0.454 e. The number of hydrogen-bond donors (Lipinski definition) is 1. The molecule has 1 aliphatic heterocycles. The zero-order valence-electron chi connectivity index (χ0n) is 10.9. The first-order chi connectivity index (χ1) is 9.06. The van der Waals surface area contributed by atoms with E-state index in [0.29, 0.717) is 28.7 Å². The minimum absolute atomic E-state index is 0.0335. The van der Waals surface area contributed by atoms with Crippen LogP contribution in [-0.2, 0) is 4.79 Å². The molecule has 1 aliphatic carbocycles. The van der Waals surface area contributed by atoms with Crippen LogP contribution < -0.4 is 14.8 Å². The topological polar surface area (TPSA) is 64.6 Å². The van der Waals surface area contributed by atoms with Crippen LogP contribution >= 0.6 is 0 Å². The highest BCUT2D eigenvalue weighted by molar-refractivity contribution is 6.05. The lowest BCUT2D eigenvalue weighted by molar-refractivity contribution is -0.117. The van der Waals surface area contributed by atoms with Gasteiger partial charge in [0.1, 0.15) is 0 Å². The highest BCUT2D eigenvalue weighted by atomic mass is 16.7. The summed E-state index contributed by atoms with van der Waals surface area (Å²) in [6, 6.07) is 3.28. The van der Waals surface area contributed by atoms with Crippen molar-refractivity contribution in [1.82, 2.24) is 0 Å². The fourth-order valence-electron chi connectivity index (χ4n) is 2.25. The number of hydrogen-bond acceptors (Lipinski definition) is 4. The van der Waals surface area contributed by atoms with E-state index >= 15 is 0 Å². The molecule has 1 saturated carbocycles. The molecule has 2 atom stereocenters. The number of nitrogens with one attached hydrogen (secondary N) is 1. The predicted octanol–water partition coefficient (Wildman–Crippen LogP) is 2.21. The van der Waals surface area contributed by atoms with Crippen LogP contribution in [0.3, 0.4) is 0 Å². The standard InChI is InChI=1S/C14H15NO4/c1-7-3-9(7)14(17)15-11-5-13-12(18-6-19-13)4-10(11)8(2)16/h4-5,7,9H,3,6H2,1-2H3,(H,15,17)/t7-,9+/m0/s1. The molecule has 0 saturated heterocycles. The summed E-state index contributed by atoms with van der Waals surface area (Å²) in [5.41, 5.74) is 0.951. The molecule has 5 nitrogen and oxygen atoms in total. The lowest BCUT2D eigenvalue weighted by Crippen LogP contribution is -2.16. The molecule has 0 radical (unpaired) electrons. The number of amides is 1. The molecule has 0 unspecified atom stereocenters. The second-order valence-electron chi connectivity index (χ2n) is 5.12. The minimum Gasteiger partial charge on any atom is -0.454 e. The predicted molar refractivity (Wildman–Crippen MR) is 68.5 cm³/mol. The van der Waals surface area contributed by atoms with Crippen LogP contribution in [0.5, 0.6) is 11.5 Å². The van der Waals surface area contributed by atoms with Gasteiger partial charge in [-0.2, -0.15) is 0 Å². The SMILES string of the molecule is CC(=O)c1cc2c(cc1NC(=O)[C@@H]1C[C@@H]1C)OCO2. The summed E-state index contributed by atoms with van der Waals surface area (Å²) < 4.78 is 10.5. The molecular formula is C14H15NO4. The number of benzene rings is 1. The molecule has 0 aromatic heterocycles. The van der Waals surface area contributed by atoms with Gasteiger partial charge >= 0.3 is 0 Å². The lowest BCUT2D eigenvalue weighted by Gasteiger charge is -2.10. The van der Waals surface area contributed by atoms with Gasteiger partial charge in [0.25, 0.3) is 0 Å². The van der Waals surface area contributed by atoms with Crippen LogP contribution in [0.1, 0.15) is 30.6 Å². The fraction of sp³-hybridized carbons (Fsp3) is 0.429. The maximum atomic E-state index is 12.0. The molecule has 1 amide bonds. The first-order valence-electron chi connectivity index (χ1n) is 6.31. The van der Waals surface area contributed by atoms with Crippen LogP contribution in [-0.4, -0.2) is 18.5 Å². The van der Waals surface area contributed by atoms with Crippen molar-refractivity contribution in [3.05, 3.63) is 17.7 Å². The van der Waals surface area contributed by atoms with E-state index in [1.807, 2.05) is 6.92 Å². The molecule has 5 heteroatoms. The van der Waals surface area contributed by atoms with E-state index < -0.39 is 0 Å². The van der Waals surface area contributed by atoms with Gasteiger partial charge in [-0.1, -0.05) is 6.92 Å². The van der Waals surface area contributed by atoms with Gasteiger partial charge in [0.05, 0.1) is 5.69 Å². The molecule has 1 fully saturated rings. The van der Waals surface area contributed by atoms with Crippen molar-refractivity contribution >= 4 is 17.4 Å². The molecule has 1 aromatic rings. The Hall–Kier alpha value is -2.04. The van der Waals surface area contributed by atoms with E-state index in [4.69, 9.17) is 9.47 Å². The molecule has 19 heavy (non-hydrogen) atoms. The molecule has 1 heterocycles. The molecule has 0 bridgehead atoms. The van der Waals surface area contributed by atoms with E-state index in [2.05, 4.69) is 5.32 Å². The Morgan fingerprint density at radius 3 is 2.47 bits per heavy atom. The van der Waals surface area contributed by atoms with Crippen LogP contribution in [0.25, 0.3) is 0 Å². The highest BCUT2D eigenvalue weighted by Crippen LogP contribution is 2.40. The number of carbonyl (C=O) groups excluding carboxylic acids is 2. The monoisotopic (exact) mass is 261 g/mol. The van der Waals surface area contributed by atoms with Gasteiger partial charge in [0, 0.05) is 17.5 Å². The number of ether oxygens (including phenoxy) is 2. The van der Waals surface area contributed by atoms with E-state index in [9.17, 15) is 9.59 Å². The van der Waals surface area contributed by atoms with E-state index in [1.54, 1.807) is 12.1 Å². The van der Waals surface area contributed by atoms with E-state index in [0.717, 1.165) is 6.42 Å². The Labute approximate surface area is 110 Å². The smallest absolute Gasteiger partial charge is 0.231 e. The zero-order valence-corrected chi connectivity index (χ0v) is 10.9. The van der Waals surface area contributed by atoms with Crippen molar-refractivity contribution in [1.29, 1.82) is 0 Å². The van der Waals surface area contributed by atoms with E-state index in [-0.39, 0.29) is 24.4 Å². The number of fused-ring (bicyclic) bond motifs is 1. The highest BCUT2D eigenvalue weighted by Gasteiger charge is 2.39. The van der Waals surface area contributed by atoms with Gasteiger partial charge < -0.3 is 14.8 Å². The molecule has 100 valence electrons. The summed E-state index contributed by atoms with van der Waals surface area (Å²) in [5, 5.41) is 2.82. The Kier molecular flexibility index (Phi) is 2.69. The second kappa shape index (κ2) is 4.26. The average molecular weight is 261 g/mol. The fourth-order valence-corrected chi connectivity index (χ4v) is 2.25. The summed E-state index contributed by atoms with van der Waals surface area (Å²) in [5.74, 6) is 1.44. The average Bonchev–Trinajstić information content (AvgIpc) is 2.92. The van der Waals surface area contributed by atoms with Crippen molar-refractivity contribution in [2.75, 3.05) is 12.1 Å². The van der Waals surface area contributed by atoms with Crippen molar-refractivity contribution in [3.8, 4) is 11.5 Å². The quantitative estimate of drug-likeness (QED) is 0.847. The molecule has 0 spiro atoms. The van der Waals surface area contributed by atoms with Gasteiger partial charge in [-0.25, -0.2) is 0 Å². The van der Waals surface area contributed by atoms with Crippen LogP contribution in [0.15, 0.2) is 12.1 Å². The Bertz CT molecular complexity index is 567. The van der Waals surface area contributed by atoms with Crippen LogP contribution in [0, 0.1) is 11.8 Å². The van der Waals surface area contributed by atoms with Crippen molar-refractivity contribution in [2.45, 2.75) is 20.3 Å². The maximum Gasteiger partial charge on any atom is 0.231 e. The van der Waals surface area contributed by atoms with E-state index in [1.165, 1.54) is 6.92 Å². The van der Waals surface area contributed by atoms with Gasteiger partial charge in [0.15, 0.2) is 17.3 Å². The minimum atomic E-state index is -0.113. The van der Waals surface area contributed by atoms with Crippen LogP contribution in [0.2, 0.25) is 0 Å². The second-order valence-corrected chi connectivity index (χ2v) is 5.12. The Morgan fingerprint density at radius 2 is 1.89 bits per heavy atom. The Balaban J connectivity index is 1.90. The number of ketones is 1. The molecular weight excluding hydrogens is 246 g/mol. The lowest BCUT2D eigenvalue weighted by atomic mass is 10.1. The van der Waals surface area contributed by atoms with Gasteiger partial charge in [-0.05, 0) is 25.3 Å². The summed E-state index contributed by atoms with van der Waals surface area (Å²) in [4.78, 5) is 23.6. The van der Waals surface area contributed by atoms with Crippen molar-refractivity contribution < 1.29 is 19.1 Å². The number of anilines is 1. The van der Waals surface area contributed by atoms with Gasteiger partial charge in [0.2, 0.25) is 12.7 Å². The number of carbonyl (C=O) groups is 2. The molecule has 2 aliphatic rings. The summed E-state index contributed by atoms with van der Waals surface area (Å²) in [7, 11) is 0. The third-order valence-electron chi connectivity index (χ3n) is 3.60. The van der Waals surface area contributed by atoms with Gasteiger partial charge in [-0.15, -0.1) is 0 Å². The molecule has 3 rings (SSSR count). The molecule has 1 N–H and O–H groups in total. The first-order valence-corrected chi connectivity index (χ1v) is 6.31. The summed E-state index contributed by atoms with van der Waals surface area (Å²) in [6.07, 6.45) is 0.909. The summed E-state index contributed by atoms with van der Waals surface area (Å²) in [6.45, 7) is 3.65. The number of rotatable bonds is 3. The Morgan fingerprint density at radius 1 is 1.26 bits per heavy atom. The van der Waals surface area contributed by atoms with Crippen molar-refractivity contribution in [2.24, 2.45) is 11.8 Å². The summed E-state index contributed by atoms with van der Waals surface area (Å²) >= 11 is 0. The number of Topliss-reactive ketones (excluding diaryl/α,β-unsaturated/α-hetero) is 1. The van der Waals surface area contributed by atoms with Gasteiger partial charge in [-0.3, -0.25) is 9.59 Å².